The first-order valence-corrected chi connectivity index (χ1v) is 5.21. The number of anilines is 1. The molecule has 0 unspecified atom stereocenters. The van der Waals surface area contributed by atoms with Crippen molar-refractivity contribution in [1.29, 1.82) is 0 Å². The lowest BCUT2D eigenvalue weighted by atomic mass is 10.2. The number of benzene rings is 2. The van der Waals surface area contributed by atoms with Crippen molar-refractivity contribution in [2.75, 3.05) is 12.4 Å². The van der Waals surface area contributed by atoms with Crippen molar-refractivity contribution in [3.63, 3.8) is 0 Å². The molecule has 81 valence electrons. The van der Waals surface area contributed by atoms with Crippen LogP contribution >= 0.6 is 0 Å². The highest BCUT2D eigenvalue weighted by molar-refractivity contribution is 5.43. The zero-order chi connectivity index (χ0) is 11.2. The number of ether oxygens (including phenoxy) is 1. The average molecular weight is 212 g/mol. The minimum absolute atomic E-state index is 0.813. The predicted octanol–water partition coefficient (Wildman–Crippen LogP) is 3.11. The molecule has 0 fully saturated rings. The number of methoxy groups -OCH3 is 1. The molecular formula is C14H14NO. The van der Waals surface area contributed by atoms with Crippen LogP contribution in [0.4, 0.5) is 5.69 Å². The Kier molecular flexibility index (Phi) is 3.44. The van der Waals surface area contributed by atoms with Crippen LogP contribution in [0.2, 0.25) is 0 Å². The molecule has 0 heterocycles. The van der Waals surface area contributed by atoms with E-state index >= 15 is 0 Å². The highest BCUT2D eigenvalue weighted by Gasteiger charge is 1.94. The maximum absolute atomic E-state index is 5.11. The first-order chi connectivity index (χ1) is 7.88. The Morgan fingerprint density at radius 2 is 1.75 bits per heavy atom. The van der Waals surface area contributed by atoms with E-state index in [4.69, 9.17) is 4.74 Å². The number of hydrogen-bond acceptors (Lipinski definition) is 2. The molecule has 0 bridgehead atoms. The van der Waals surface area contributed by atoms with Gasteiger partial charge in [-0.05, 0) is 35.9 Å². The molecule has 0 aliphatic carbocycles. The maximum Gasteiger partial charge on any atom is 0.118 e. The van der Waals surface area contributed by atoms with Gasteiger partial charge in [-0.15, -0.1) is 0 Å². The molecule has 2 aromatic rings. The van der Waals surface area contributed by atoms with Gasteiger partial charge in [-0.3, -0.25) is 0 Å². The SMILES string of the molecule is COc1ccc(CNc2cc[c]cc2)cc1. The molecule has 0 saturated carbocycles. The molecule has 0 atom stereocenters. The molecule has 0 spiro atoms. The molecular weight excluding hydrogens is 198 g/mol. The molecule has 2 heteroatoms. The van der Waals surface area contributed by atoms with E-state index in [0.29, 0.717) is 0 Å². The van der Waals surface area contributed by atoms with E-state index in [0.717, 1.165) is 18.0 Å². The van der Waals surface area contributed by atoms with E-state index in [1.807, 2.05) is 36.4 Å². The van der Waals surface area contributed by atoms with Crippen LogP contribution in [0.25, 0.3) is 0 Å². The summed E-state index contributed by atoms with van der Waals surface area (Å²) in [6.07, 6.45) is 0. The van der Waals surface area contributed by atoms with Crippen molar-refractivity contribution in [2.24, 2.45) is 0 Å². The topological polar surface area (TPSA) is 21.3 Å². The minimum atomic E-state index is 0.813. The highest BCUT2D eigenvalue weighted by Crippen LogP contribution is 2.13. The van der Waals surface area contributed by atoms with E-state index < -0.39 is 0 Å². The van der Waals surface area contributed by atoms with E-state index in [1.54, 1.807) is 7.11 Å². The van der Waals surface area contributed by atoms with Gasteiger partial charge in [0.25, 0.3) is 0 Å². The fourth-order valence-electron chi connectivity index (χ4n) is 1.45. The second-order valence-electron chi connectivity index (χ2n) is 3.49. The van der Waals surface area contributed by atoms with Crippen LogP contribution in [0.3, 0.4) is 0 Å². The fraction of sp³-hybridized carbons (Fsp3) is 0.143. The van der Waals surface area contributed by atoms with Crippen LogP contribution < -0.4 is 10.1 Å². The quantitative estimate of drug-likeness (QED) is 0.840. The van der Waals surface area contributed by atoms with Crippen LogP contribution in [-0.4, -0.2) is 7.11 Å². The second-order valence-corrected chi connectivity index (χ2v) is 3.49. The largest absolute Gasteiger partial charge is 0.497 e. The number of nitrogens with one attached hydrogen (secondary N) is 1. The van der Waals surface area contributed by atoms with Crippen molar-refractivity contribution in [3.8, 4) is 5.75 Å². The van der Waals surface area contributed by atoms with Gasteiger partial charge in [-0.2, -0.15) is 0 Å². The maximum atomic E-state index is 5.11. The van der Waals surface area contributed by atoms with Crippen LogP contribution in [0.5, 0.6) is 5.75 Å². The minimum Gasteiger partial charge on any atom is -0.497 e. The van der Waals surface area contributed by atoms with Crippen LogP contribution in [-0.2, 0) is 6.54 Å². The molecule has 0 aromatic heterocycles. The van der Waals surface area contributed by atoms with E-state index in [9.17, 15) is 0 Å². The summed E-state index contributed by atoms with van der Waals surface area (Å²) in [4.78, 5) is 0. The average Bonchev–Trinajstić information content (AvgIpc) is 2.38. The molecule has 0 aliphatic heterocycles. The van der Waals surface area contributed by atoms with Crippen LogP contribution in [0.15, 0.2) is 48.5 Å². The van der Waals surface area contributed by atoms with Gasteiger partial charge in [0.1, 0.15) is 5.75 Å². The molecule has 16 heavy (non-hydrogen) atoms. The lowest BCUT2D eigenvalue weighted by molar-refractivity contribution is 0.414. The van der Waals surface area contributed by atoms with Crippen molar-refractivity contribution >= 4 is 5.69 Å². The monoisotopic (exact) mass is 212 g/mol. The lowest BCUT2D eigenvalue weighted by Gasteiger charge is -2.06. The summed E-state index contributed by atoms with van der Waals surface area (Å²) in [6, 6.07) is 18.8. The zero-order valence-corrected chi connectivity index (χ0v) is 9.23. The smallest absolute Gasteiger partial charge is 0.118 e. The first kappa shape index (κ1) is 10.6. The fourth-order valence-corrected chi connectivity index (χ4v) is 1.45. The summed E-state index contributed by atoms with van der Waals surface area (Å²) in [5, 5.41) is 3.34. The number of rotatable bonds is 4. The van der Waals surface area contributed by atoms with Crippen molar-refractivity contribution in [1.82, 2.24) is 0 Å². The van der Waals surface area contributed by atoms with E-state index in [1.165, 1.54) is 5.56 Å². The molecule has 0 amide bonds. The van der Waals surface area contributed by atoms with Crippen molar-refractivity contribution < 1.29 is 4.74 Å². The summed E-state index contributed by atoms with van der Waals surface area (Å²) < 4.78 is 5.11. The zero-order valence-electron chi connectivity index (χ0n) is 9.23. The third-order valence-electron chi connectivity index (χ3n) is 2.37. The Hall–Kier alpha value is -1.96. The van der Waals surface area contributed by atoms with Gasteiger partial charge in [0.2, 0.25) is 0 Å². The number of hydrogen-bond donors (Lipinski definition) is 1. The van der Waals surface area contributed by atoms with Crippen molar-refractivity contribution in [3.05, 3.63) is 60.2 Å². The molecule has 0 aliphatic rings. The van der Waals surface area contributed by atoms with E-state index in [2.05, 4.69) is 23.5 Å². The molecule has 2 rings (SSSR count). The molecule has 1 N–H and O–H groups in total. The summed E-state index contributed by atoms with van der Waals surface area (Å²) in [6.45, 7) is 0.813. The molecule has 1 radical (unpaired) electrons. The Morgan fingerprint density at radius 1 is 1.06 bits per heavy atom. The normalized spacial score (nSPS) is 9.81. The standard InChI is InChI=1S/C14H14NO/c1-16-14-9-7-12(8-10-14)11-15-13-5-3-2-4-6-13/h3-10,15H,11H2,1H3. The Balaban J connectivity index is 1.94. The van der Waals surface area contributed by atoms with Crippen LogP contribution in [0.1, 0.15) is 5.56 Å². The summed E-state index contributed by atoms with van der Waals surface area (Å²) in [7, 11) is 1.67. The van der Waals surface area contributed by atoms with Gasteiger partial charge in [-0.1, -0.05) is 24.3 Å². The Morgan fingerprint density at radius 3 is 2.38 bits per heavy atom. The van der Waals surface area contributed by atoms with E-state index in [-0.39, 0.29) is 0 Å². The van der Waals surface area contributed by atoms with Gasteiger partial charge < -0.3 is 10.1 Å². The third-order valence-corrected chi connectivity index (χ3v) is 2.37. The van der Waals surface area contributed by atoms with Gasteiger partial charge in [-0.25, -0.2) is 0 Å². The molecule has 2 nitrogen and oxygen atoms in total. The van der Waals surface area contributed by atoms with Gasteiger partial charge >= 0.3 is 0 Å². The molecule has 2 aromatic carbocycles. The van der Waals surface area contributed by atoms with Gasteiger partial charge in [0.15, 0.2) is 0 Å². The first-order valence-electron chi connectivity index (χ1n) is 5.21. The lowest BCUT2D eigenvalue weighted by Crippen LogP contribution is -1.98. The summed E-state index contributed by atoms with van der Waals surface area (Å²) in [5.74, 6) is 0.887. The summed E-state index contributed by atoms with van der Waals surface area (Å²) >= 11 is 0. The van der Waals surface area contributed by atoms with Gasteiger partial charge in [0, 0.05) is 12.2 Å². The van der Waals surface area contributed by atoms with Gasteiger partial charge in [0.05, 0.1) is 7.11 Å². The predicted molar refractivity (Wildman–Crippen MR) is 65.6 cm³/mol. The third kappa shape index (κ3) is 2.76. The second kappa shape index (κ2) is 5.21. The van der Waals surface area contributed by atoms with Crippen LogP contribution in [0, 0.1) is 6.07 Å². The van der Waals surface area contributed by atoms with Crippen molar-refractivity contribution in [2.45, 2.75) is 6.54 Å². The molecule has 0 saturated heterocycles. The highest BCUT2D eigenvalue weighted by atomic mass is 16.5. The Bertz CT molecular complexity index is 422. The Labute approximate surface area is 95.9 Å². The summed E-state index contributed by atoms with van der Waals surface area (Å²) in [5.41, 5.74) is 2.34.